The van der Waals surface area contributed by atoms with Crippen LogP contribution in [0.3, 0.4) is 0 Å². The molecule has 9 rings (SSSR count). The molecule has 1 fully saturated rings. The highest BCUT2D eigenvalue weighted by atomic mass is 35.5. The van der Waals surface area contributed by atoms with Crippen molar-refractivity contribution in [2.45, 2.75) is 38.9 Å². The summed E-state index contributed by atoms with van der Waals surface area (Å²) in [6, 6.07) is 45.2. The first-order chi connectivity index (χ1) is 23.2. The van der Waals surface area contributed by atoms with Gasteiger partial charge in [0.2, 0.25) is 0 Å². The first-order valence-electron chi connectivity index (χ1n) is 16.2. The van der Waals surface area contributed by atoms with Crippen LogP contribution in [-0.2, 0) is 9.31 Å². The van der Waals surface area contributed by atoms with E-state index in [1.165, 1.54) is 0 Å². The van der Waals surface area contributed by atoms with Gasteiger partial charge in [-0.1, -0.05) is 121 Å². The molecule has 1 saturated heterocycles. The zero-order chi connectivity index (χ0) is 33.0. The first-order valence-corrected chi connectivity index (χ1v) is 16.6. The van der Waals surface area contributed by atoms with Gasteiger partial charge in [0.25, 0.3) is 0 Å². The lowest BCUT2D eigenvalue weighted by molar-refractivity contribution is 0.00578. The second-order valence-electron chi connectivity index (χ2n) is 13.3. The van der Waals surface area contributed by atoms with Crippen molar-refractivity contribution < 1.29 is 18.1 Å². The van der Waals surface area contributed by atoms with Gasteiger partial charge in [-0.05, 0) is 62.5 Å². The molecule has 236 valence electrons. The largest absolute Gasteiger partial charge is 0.494 e. The molecule has 4 nitrogen and oxygen atoms in total. The summed E-state index contributed by atoms with van der Waals surface area (Å²) in [5, 5.41) is 5.14. The second-order valence-corrected chi connectivity index (χ2v) is 13.7. The molecule has 0 saturated carbocycles. The lowest BCUT2D eigenvalue weighted by Crippen LogP contribution is -2.41. The maximum atomic E-state index is 6.33. The quantitative estimate of drug-likeness (QED) is 0.179. The maximum absolute atomic E-state index is 6.33. The van der Waals surface area contributed by atoms with Gasteiger partial charge in [-0.25, -0.2) is 0 Å². The summed E-state index contributed by atoms with van der Waals surface area (Å²) in [5.74, 6) is 0. The monoisotopic (exact) mass is 648 g/mol. The van der Waals surface area contributed by atoms with Crippen molar-refractivity contribution in [2.75, 3.05) is 0 Å². The Bertz CT molecular complexity index is 2410. The maximum Gasteiger partial charge on any atom is 0.494 e. The Balaban J connectivity index is 0.000000148. The van der Waals surface area contributed by atoms with Crippen LogP contribution in [0.15, 0.2) is 142 Å². The van der Waals surface area contributed by atoms with Crippen molar-refractivity contribution in [1.82, 2.24) is 0 Å². The van der Waals surface area contributed by atoms with Crippen molar-refractivity contribution in [1.29, 1.82) is 0 Å². The third-order valence-corrected chi connectivity index (χ3v) is 9.91. The van der Waals surface area contributed by atoms with E-state index in [0.29, 0.717) is 5.02 Å². The van der Waals surface area contributed by atoms with Gasteiger partial charge in [0.15, 0.2) is 0 Å². The zero-order valence-electron chi connectivity index (χ0n) is 27.3. The van der Waals surface area contributed by atoms with E-state index >= 15 is 0 Å². The standard InChI is InChI=1S/C24H23BO3.C18H11ClO/c1-23(2)24(3,4)28-25(27-23)17-13-14-19-20-12-8-11-18(16-9-6-5-7-10-16)22(20)26-21(19)15-17;19-13-9-10-15-16-8-4-7-14(12-5-2-1-3-6-12)18(16)20-17(15)11-13/h5-15H,1-4H3;1-11H. The molecule has 0 amide bonds. The van der Waals surface area contributed by atoms with Gasteiger partial charge in [0.05, 0.1) is 11.2 Å². The fourth-order valence-corrected chi connectivity index (χ4v) is 6.56. The van der Waals surface area contributed by atoms with Crippen molar-refractivity contribution in [3.05, 3.63) is 138 Å². The Labute approximate surface area is 285 Å². The van der Waals surface area contributed by atoms with Crippen LogP contribution in [0, 0.1) is 0 Å². The van der Waals surface area contributed by atoms with E-state index in [-0.39, 0.29) is 11.2 Å². The molecule has 0 spiro atoms. The highest BCUT2D eigenvalue weighted by molar-refractivity contribution is 6.62. The van der Waals surface area contributed by atoms with E-state index < -0.39 is 7.12 Å². The third kappa shape index (κ3) is 5.29. The molecule has 0 aliphatic carbocycles. The molecule has 1 aliphatic heterocycles. The Morgan fingerprint density at radius 2 is 0.958 bits per heavy atom. The number of para-hydroxylation sites is 2. The van der Waals surface area contributed by atoms with E-state index in [4.69, 9.17) is 29.7 Å². The van der Waals surface area contributed by atoms with E-state index in [9.17, 15) is 0 Å². The number of furan rings is 2. The van der Waals surface area contributed by atoms with E-state index in [1.54, 1.807) is 0 Å². The summed E-state index contributed by atoms with van der Waals surface area (Å²) < 4.78 is 24.8. The van der Waals surface area contributed by atoms with Crippen LogP contribution in [0.25, 0.3) is 66.1 Å². The predicted octanol–water partition coefficient (Wildman–Crippen LogP) is 11.5. The van der Waals surface area contributed by atoms with Gasteiger partial charge in [0.1, 0.15) is 22.3 Å². The Morgan fingerprint density at radius 1 is 0.479 bits per heavy atom. The Kier molecular flexibility index (Phi) is 7.45. The van der Waals surface area contributed by atoms with Gasteiger partial charge >= 0.3 is 7.12 Å². The first kappa shape index (κ1) is 30.5. The minimum Gasteiger partial charge on any atom is -0.455 e. The topological polar surface area (TPSA) is 44.7 Å². The molecule has 0 bridgehead atoms. The summed E-state index contributed by atoms with van der Waals surface area (Å²) in [4.78, 5) is 0. The molecule has 48 heavy (non-hydrogen) atoms. The highest BCUT2D eigenvalue weighted by Gasteiger charge is 2.51. The number of fused-ring (bicyclic) bond motifs is 6. The van der Waals surface area contributed by atoms with Crippen LogP contribution < -0.4 is 5.46 Å². The molecule has 1 aliphatic rings. The number of hydrogen-bond acceptors (Lipinski definition) is 4. The number of hydrogen-bond donors (Lipinski definition) is 0. The van der Waals surface area contributed by atoms with E-state index in [0.717, 1.165) is 71.6 Å². The fraction of sp³-hybridized carbons (Fsp3) is 0.143. The lowest BCUT2D eigenvalue weighted by Gasteiger charge is -2.32. The molecule has 2 aromatic heterocycles. The molecule has 8 aromatic rings. The molecule has 6 heteroatoms. The van der Waals surface area contributed by atoms with Crippen LogP contribution in [0.4, 0.5) is 0 Å². The molecule has 0 atom stereocenters. The van der Waals surface area contributed by atoms with Crippen LogP contribution in [0.5, 0.6) is 0 Å². The fourth-order valence-electron chi connectivity index (χ4n) is 6.40. The summed E-state index contributed by atoms with van der Waals surface area (Å²) >= 11 is 6.04. The van der Waals surface area contributed by atoms with Crippen LogP contribution in [0.2, 0.25) is 5.02 Å². The zero-order valence-corrected chi connectivity index (χ0v) is 28.0. The average Bonchev–Trinajstić information content (AvgIpc) is 3.72. The normalized spacial score (nSPS) is 15.3. The average molecular weight is 649 g/mol. The van der Waals surface area contributed by atoms with E-state index in [1.807, 2.05) is 60.7 Å². The van der Waals surface area contributed by atoms with Gasteiger partial charge in [0, 0.05) is 43.8 Å². The minimum atomic E-state index is -0.392. The number of rotatable bonds is 3. The molecular formula is C42H34BClO4. The van der Waals surface area contributed by atoms with Gasteiger partial charge < -0.3 is 18.1 Å². The Morgan fingerprint density at radius 3 is 1.48 bits per heavy atom. The molecule has 0 radical (unpaired) electrons. The van der Waals surface area contributed by atoms with E-state index in [2.05, 4.69) is 100 Å². The Hall–Kier alpha value is -4.81. The summed E-state index contributed by atoms with van der Waals surface area (Å²) in [6.07, 6.45) is 0. The van der Waals surface area contributed by atoms with Crippen molar-refractivity contribution >= 4 is 68.1 Å². The highest BCUT2D eigenvalue weighted by Crippen LogP contribution is 2.39. The second kappa shape index (κ2) is 11.7. The summed E-state index contributed by atoms with van der Waals surface area (Å²) in [5.41, 5.74) is 8.28. The SMILES string of the molecule is CC1(C)OB(c2ccc3c(c2)oc2c(-c4ccccc4)cccc23)OC1(C)C.Clc1ccc2c(c1)oc1c(-c3ccccc3)cccc12. The molecule has 3 heterocycles. The van der Waals surface area contributed by atoms with Gasteiger partial charge in [-0.3, -0.25) is 0 Å². The summed E-state index contributed by atoms with van der Waals surface area (Å²) in [7, 11) is -0.392. The van der Waals surface area contributed by atoms with Crippen LogP contribution >= 0.6 is 11.6 Å². The molecule has 6 aromatic carbocycles. The number of halogens is 1. The third-order valence-electron chi connectivity index (χ3n) is 9.68. The molecule has 0 unspecified atom stereocenters. The predicted molar refractivity (Wildman–Crippen MR) is 199 cm³/mol. The van der Waals surface area contributed by atoms with Crippen molar-refractivity contribution in [3.8, 4) is 22.3 Å². The van der Waals surface area contributed by atoms with Gasteiger partial charge in [-0.2, -0.15) is 0 Å². The molecular weight excluding hydrogens is 615 g/mol. The summed E-state index contributed by atoms with van der Waals surface area (Å²) in [6.45, 7) is 8.27. The molecule has 0 N–H and O–H groups in total. The lowest BCUT2D eigenvalue weighted by atomic mass is 9.79. The van der Waals surface area contributed by atoms with Gasteiger partial charge in [-0.15, -0.1) is 0 Å². The van der Waals surface area contributed by atoms with Crippen molar-refractivity contribution in [3.63, 3.8) is 0 Å². The number of benzene rings is 6. The smallest absolute Gasteiger partial charge is 0.455 e. The van der Waals surface area contributed by atoms with Crippen LogP contribution in [-0.4, -0.2) is 18.3 Å². The van der Waals surface area contributed by atoms with Crippen molar-refractivity contribution in [2.24, 2.45) is 0 Å². The minimum absolute atomic E-state index is 0.360. The van der Waals surface area contributed by atoms with Crippen LogP contribution in [0.1, 0.15) is 27.7 Å².